The maximum Gasteiger partial charge on any atom is 0.264 e. The minimum atomic E-state index is -3.44. The second-order valence-electron chi connectivity index (χ2n) is 2.55. The molecule has 1 aromatic heterocycles. The molecule has 0 bridgehead atoms. The number of hydrogen-bond acceptors (Lipinski definition) is 4. The van der Waals surface area contributed by atoms with Crippen LogP contribution in [0.4, 0.5) is 0 Å². The Morgan fingerprint density at radius 3 is 2.79 bits per heavy atom. The van der Waals surface area contributed by atoms with E-state index >= 15 is 0 Å². The first-order chi connectivity index (χ1) is 6.38. The van der Waals surface area contributed by atoms with Crippen molar-refractivity contribution >= 4 is 37.6 Å². The van der Waals surface area contributed by atoms with E-state index in [1.54, 1.807) is 6.07 Å². The summed E-state index contributed by atoms with van der Waals surface area (Å²) in [7, 11) is -3.44. The summed E-state index contributed by atoms with van der Waals surface area (Å²) in [5.41, 5.74) is 0.486. The Bertz CT molecular complexity index is 435. The molecule has 0 radical (unpaired) electrons. The fourth-order valence-corrected chi connectivity index (χ4v) is 1.79. The van der Waals surface area contributed by atoms with Gasteiger partial charge in [-0.1, -0.05) is 11.6 Å². The van der Waals surface area contributed by atoms with Gasteiger partial charge >= 0.3 is 0 Å². The molecule has 0 unspecified atom stereocenters. The zero-order valence-corrected chi connectivity index (χ0v) is 10.4. The van der Waals surface area contributed by atoms with Gasteiger partial charge in [0.15, 0.2) is 0 Å². The van der Waals surface area contributed by atoms with Gasteiger partial charge in [0, 0.05) is 10.7 Å². The van der Waals surface area contributed by atoms with Crippen LogP contribution in [0.1, 0.15) is 5.69 Å². The predicted molar refractivity (Wildman–Crippen MR) is 56.6 cm³/mol. The van der Waals surface area contributed by atoms with Gasteiger partial charge in [0.05, 0.1) is 17.0 Å². The monoisotopic (exact) mass is 299 g/mol. The molecule has 0 saturated heterocycles. The van der Waals surface area contributed by atoms with Gasteiger partial charge < -0.3 is 0 Å². The number of hydrogen-bond donors (Lipinski definition) is 0. The van der Waals surface area contributed by atoms with Crippen molar-refractivity contribution in [1.82, 2.24) is 4.98 Å². The molecule has 0 fully saturated rings. The molecule has 0 atom stereocenters. The minimum absolute atomic E-state index is 0.101. The van der Waals surface area contributed by atoms with E-state index in [2.05, 4.69) is 25.1 Å². The van der Waals surface area contributed by atoms with Gasteiger partial charge in [-0.2, -0.15) is 8.42 Å². The van der Waals surface area contributed by atoms with Crippen LogP contribution in [-0.4, -0.2) is 19.7 Å². The normalized spacial score (nSPS) is 11.6. The van der Waals surface area contributed by atoms with E-state index in [0.29, 0.717) is 15.2 Å². The smallest absolute Gasteiger partial charge is 0.264 e. The average Bonchev–Trinajstić information content (AvgIpc) is 2.00. The lowest BCUT2D eigenvalue weighted by atomic mass is 10.4. The van der Waals surface area contributed by atoms with Crippen LogP contribution in [0.15, 0.2) is 16.7 Å². The first-order valence-electron chi connectivity index (χ1n) is 3.53. The summed E-state index contributed by atoms with van der Waals surface area (Å²) >= 11 is 8.85. The zero-order chi connectivity index (χ0) is 10.8. The molecule has 78 valence electrons. The molecule has 0 N–H and O–H groups in total. The van der Waals surface area contributed by atoms with Crippen molar-refractivity contribution in [1.29, 1.82) is 0 Å². The molecule has 0 amide bonds. The van der Waals surface area contributed by atoms with E-state index in [9.17, 15) is 8.42 Å². The first-order valence-corrected chi connectivity index (χ1v) is 6.51. The van der Waals surface area contributed by atoms with Crippen molar-refractivity contribution in [2.75, 3.05) is 6.26 Å². The third kappa shape index (κ3) is 3.91. The lowest BCUT2D eigenvalue weighted by Gasteiger charge is -2.03. The van der Waals surface area contributed by atoms with Crippen LogP contribution in [0.25, 0.3) is 0 Å². The van der Waals surface area contributed by atoms with E-state index in [1.165, 1.54) is 6.20 Å². The number of halogens is 2. The predicted octanol–water partition coefficient (Wildman–Crippen LogP) is 1.97. The van der Waals surface area contributed by atoms with Gasteiger partial charge in [0.2, 0.25) is 0 Å². The van der Waals surface area contributed by atoms with Gasteiger partial charge in [-0.25, -0.2) is 0 Å². The van der Waals surface area contributed by atoms with Crippen molar-refractivity contribution < 1.29 is 12.6 Å². The third-order valence-electron chi connectivity index (χ3n) is 1.29. The fourth-order valence-electron chi connectivity index (χ4n) is 0.712. The number of nitrogens with zero attached hydrogens (tertiary/aromatic N) is 1. The number of rotatable bonds is 3. The minimum Gasteiger partial charge on any atom is -0.264 e. The Kier molecular flexibility index (Phi) is 3.88. The van der Waals surface area contributed by atoms with Crippen LogP contribution in [-0.2, 0) is 20.9 Å². The van der Waals surface area contributed by atoms with Crippen molar-refractivity contribution in [3.8, 4) is 0 Å². The highest BCUT2D eigenvalue weighted by molar-refractivity contribution is 9.10. The maximum absolute atomic E-state index is 10.7. The van der Waals surface area contributed by atoms with Crippen molar-refractivity contribution in [2.24, 2.45) is 0 Å². The highest BCUT2D eigenvalue weighted by Crippen LogP contribution is 2.19. The molecule has 0 saturated carbocycles. The zero-order valence-electron chi connectivity index (χ0n) is 7.20. The maximum atomic E-state index is 10.7. The standard InChI is InChI=1S/C7H7BrClNO3S/c1-14(11,12)13-4-7-6(8)2-5(9)3-10-7/h2-3H,4H2,1H3. The van der Waals surface area contributed by atoms with Crippen LogP contribution in [0.3, 0.4) is 0 Å². The van der Waals surface area contributed by atoms with Crippen LogP contribution in [0.2, 0.25) is 5.02 Å². The quantitative estimate of drug-likeness (QED) is 0.801. The van der Waals surface area contributed by atoms with Gasteiger partial charge in [-0.15, -0.1) is 0 Å². The van der Waals surface area contributed by atoms with Crippen molar-refractivity contribution in [2.45, 2.75) is 6.61 Å². The molecular formula is C7H7BrClNO3S. The topological polar surface area (TPSA) is 56.3 Å². The van der Waals surface area contributed by atoms with Gasteiger partial charge in [0.1, 0.15) is 6.61 Å². The lowest BCUT2D eigenvalue weighted by Crippen LogP contribution is -2.04. The Hall–Kier alpha value is -0.170. The van der Waals surface area contributed by atoms with E-state index in [4.69, 9.17) is 11.6 Å². The highest BCUT2D eigenvalue weighted by atomic mass is 79.9. The Morgan fingerprint density at radius 1 is 1.64 bits per heavy atom. The molecule has 0 aliphatic heterocycles. The van der Waals surface area contributed by atoms with E-state index in [-0.39, 0.29) is 6.61 Å². The summed E-state index contributed by atoms with van der Waals surface area (Å²) in [6.45, 7) is -0.101. The van der Waals surface area contributed by atoms with Gasteiger partial charge in [-0.05, 0) is 22.0 Å². The number of pyridine rings is 1. The van der Waals surface area contributed by atoms with Crippen LogP contribution >= 0.6 is 27.5 Å². The molecule has 7 heteroatoms. The summed E-state index contributed by atoms with van der Waals surface area (Å²) in [6.07, 6.45) is 2.41. The molecular weight excluding hydrogens is 294 g/mol. The second kappa shape index (κ2) is 4.57. The van der Waals surface area contributed by atoms with E-state index in [1.807, 2.05) is 0 Å². The number of aromatic nitrogens is 1. The summed E-state index contributed by atoms with van der Waals surface area (Å²) in [6, 6.07) is 1.62. The molecule has 0 aromatic carbocycles. The lowest BCUT2D eigenvalue weighted by molar-refractivity contribution is 0.306. The first kappa shape index (κ1) is 11.9. The van der Waals surface area contributed by atoms with Crippen molar-refractivity contribution in [3.05, 3.63) is 27.5 Å². The molecule has 1 aromatic rings. The van der Waals surface area contributed by atoms with E-state index in [0.717, 1.165) is 6.26 Å². The fraction of sp³-hybridized carbons (Fsp3) is 0.286. The summed E-state index contributed by atoms with van der Waals surface area (Å²) in [5.74, 6) is 0. The highest BCUT2D eigenvalue weighted by Gasteiger charge is 2.07. The largest absolute Gasteiger partial charge is 0.264 e. The SMILES string of the molecule is CS(=O)(=O)OCc1ncc(Cl)cc1Br. The van der Waals surface area contributed by atoms with Crippen LogP contribution in [0.5, 0.6) is 0 Å². The molecule has 0 aliphatic carbocycles. The molecule has 1 rings (SSSR count). The average molecular weight is 301 g/mol. The summed E-state index contributed by atoms with van der Waals surface area (Å²) in [5, 5.41) is 0.472. The molecule has 14 heavy (non-hydrogen) atoms. The van der Waals surface area contributed by atoms with Crippen LogP contribution < -0.4 is 0 Å². The molecule has 0 aliphatic rings. The molecule has 1 heterocycles. The van der Waals surface area contributed by atoms with Crippen molar-refractivity contribution in [3.63, 3.8) is 0 Å². The molecule has 4 nitrogen and oxygen atoms in total. The second-order valence-corrected chi connectivity index (χ2v) is 5.48. The Labute approximate surface area is 95.5 Å². The third-order valence-corrected chi connectivity index (χ3v) is 2.73. The molecule has 0 spiro atoms. The van der Waals surface area contributed by atoms with Gasteiger partial charge in [-0.3, -0.25) is 9.17 Å². The summed E-state index contributed by atoms with van der Waals surface area (Å²) < 4.78 is 26.6. The van der Waals surface area contributed by atoms with Gasteiger partial charge in [0.25, 0.3) is 10.1 Å². The Morgan fingerprint density at radius 2 is 2.29 bits per heavy atom. The van der Waals surface area contributed by atoms with E-state index < -0.39 is 10.1 Å². The summed E-state index contributed by atoms with van der Waals surface area (Å²) in [4.78, 5) is 3.91. The Balaban J connectivity index is 2.78. The van der Waals surface area contributed by atoms with Crippen LogP contribution in [0, 0.1) is 0 Å².